The predicted molar refractivity (Wildman–Crippen MR) is 142 cm³/mol. The van der Waals surface area contributed by atoms with Gasteiger partial charge in [0.15, 0.2) is 0 Å². The molecule has 3 aromatic rings. The molecule has 3 aromatic carbocycles. The maximum atomic E-state index is 14.5. The molecule has 0 fully saturated rings. The highest BCUT2D eigenvalue weighted by Crippen LogP contribution is 2.30. The van der Waals surface area contributed by atoms with Crippen molar-refractivity contribution in [3.63, 3.8) is 0 Å². The zero-order chi connectivity index (χ0) is 27.0. The fourth-order valence-electron chi connectivity index (χ4n) is 3.68. The molecule has 196 valence electrons. The van der Waals surface area contributed by atoms with E-state index in [1.54, 1.807) is 36.4 Å². The number of anilines is 1. The van der Waals surface area contributed by atoms with Crippen molar-refractivity contribution >= 4 is 39.1 Å². The van der Waals surface area contributed by atoms with E-state index in [0.29, 0.717) is 13.0 Å². The van der Waals surface area contributed by atoms with Crippen molar-refractivity contribution in [1.82, 2.24) is 10.2 Å². The molecule has 0 radical (unpaired) electrons. The normalized spacial score (nSPS) is 12.0. The summed E-state index contributed by atoms with van der Waals surface area (Å²) in [4.78, 5) is 27.7. The molecule has 10 heteroatoms. The van der Waals surface area contributed by atoms with Gasteiger partial charge >= 0.3 is 0 Å². The molecule has 0 aliphatic carbocycles. The Morgan fingerprint density at radius 3 is 2.24 bits per heavy atom. The van der Waals surface area contributed by atoms with Crippen LogP contribution in [0.5, 0.6) is 0 Å². The van der Waals surface area contributed by atoms with E-state index in [-0.39, 0.29) is 27.7 Å². The molecule has 2 amide bonds. The van der Waals surface area contributed by atoms with Gasteiger partial charge in [-0.05, 0) is 43.7 Å². The van der Waals surface area contributed by atoms with Crippen LogP contribution < -0.4 is 9.62 Å². The summed E-state index contributed by atoms with van der Waals surface area (Å²) in [5.74, 6) is -1.66. The van der Waals surface area contributed by atoms with Crippen molar-refractivity contribution in [2.75, 3.05) is 17.4 Å². The molecule has 0 spiro atoms. The molecule has 0 saturated heterocycles. The summed E-state index contributed by atoms with van der Waals surface area (Å²) in [6, 6.07) is 18.9. The van der Waals surface area contributed by atoms with Crippen LogP contribution in [0.1, 0.15) is 25.8 Å². The summed E-state index contributed by atoms with van der Waals surface area (Å²) in [5, 5.41) is 2.87. The Bertz CT molecular complexity index is 1340. The Labute approximate surface area is 221 Å². The van der Waals surface area contributed by atoms with E-state index in [9.17, 15) is 22.4 Å². The molecule has 7 nitrogen and oxygen atoms in total. The fourth-order valence-corrected chi connectivity index (χ4v) is 5.42. The third kappa shape index (κ3) is 6.87. The van der Waals surface area contributed by atoms with Gasteiger partial charge in [-0.2, -0.15) is 0 Å². The minimum Gasteiger partial charge on any atom is -0.354 e. The molecule has 0 saturated carbocycles. The SMILES string of the molecule is CCCNC(=O)C(C)N(Cc1ccccc1F)C(=O)CN(c1ccccc1Cl)S(=O)(=O)c1ccccc1. The van der Waals surface area contributed by atoms with Crippen molar-refractivity contribution in [3.8, 4) is 0 Å². The largest absolute Gasteiger partial charge is 0.354 e. The Morgan fingerprint density at radius 1 is 0.973 bits per heavy atom. The summed E-state index contributed by atoms with van der Waals surface area (Å²) < 4.78 is 42.7. The van der Waals surface area contributed by atoms with E-state index in [0.717, 1.165) is 4.31 Å². The number of carbonyl (C=O) groups excluding carboxylic acids is 2. The third-order valence-corrected chi connectivity index (χ3v) is 7.84. The van der Waals surface area contributed by atoms with E-state index < -0.39 is 40.2 Å². The Morgan fingerprint density at radius 2 is 1.59 bits per heavy atom. The van der Waals surface area contributed by atoms with E-state index in [2.05, 4.69) is 5.32 Å². The van der Waals surface area contributed by atoms with Gasteiger partial charge in [0, 0.05) is 18.7 Å². The molecule has 0 heterocycles. The number of sulfonamides is 1. The van der Waals surface area contributed by atoms with Crippen LogP contribution in [0.2, 0.25) is 5.02 Å². The van der Waals surface area contributed by atoms with Gasteiger partial charge in [0.25, 0.3) is 10.0 Å². The average Bonchev–Trinajstić information content (AvgIpc) is 2.90. The predicted octanol–water partition coefficient (Wildman–Crippen LogP) is 4.62. The fraction of sp³-hybridized carbons (Fsp3) is 0.259. The van der Waals surface area contributed by atoms with Crippen LogP contribution in [0.4, 0.5) is 10.1 Å². The monoisotopic (exact) mass is 545 g/mol. The number of nitrogens with one attached hydrogen (secondary N) is 1. The quantitative estimate of drug-likeness (QED) is 0.381. The first-order valence-electron chi connectivity index (χ1n) is 11.8. The zero-order valence-corrected chi connectivity index (χ0v) is 22.2. The van der Waals surface area contributed by atoms with Gasteiger partial charge in [-0.3, -0.25) is 13.9 Å². The number of amides is 2. The number of para-hydroxylation sites is 1. The molecule has 1 unspecified atom stereocenters. The van der Waals surface area contributed by atoms with Gasteiger partial charge in [-0.25, -0.2) is 12.8 Å². The molecule has 0 aliphatic heterocycles. The number of hydrogen-bond donors (Lipinski definition) is 1. The van der Waals surface area contributed by atoms with Gasteiger partial charge < -0.3 is 10.2 Å². The molecule has 0 aliphatic rings. The van der Waals surface area contributed by atoms with E-state index in [1.165, 1.54) is 54.3 Å². The molecule has 1 N–H and O–H groups in total. The maximum Gasteiger partial charge on any atom is 0.264 e. The van der Waals surface area contributed by atoms with Crippen molar-refractivity contribution in [2.24, 2.45) is 0 Å². The van der Waals surface area contributed by atoms with Gasteiger partial charge in [0.05, 0.1) is 15.6 Å². The van der Waals surface area contributed by atoms with Crippen molar-refractivity contribution in [2.45, 2.75) is 37.8 Å². The molecule has 1 atom stereocenters. The first-order chi connectivity index (χ1) is 17.7. The zero-order valence-electron chi connectivity index (χ0n) is 20.6. The summed E-state index contributed by atoms with van der Waals surface area (Å²) in [6.45, 7) is 2.94. The van der Waals surface area contributed by atoms with Crippen LogP contribution in [0.25, 0.3) is 0 Å². The number of hydrogen-bond acceptors (Lipinski definition) is 4. The molecule has 0 bridgehead atoms. The van der Waals surface area contributed by atoms with Gasteiger partial charge in [-0.15, -0.1) is 0 Å². The maximum absolute atomic E-state index is 14.5. The second kappa shape index (κ2) is 12.7. The first kappa shape index (κ1) is 28.1. The van der Waals surface area contributed by atoms with E-state index in [4.69, 9.17) is 11.6 Å². The summed E-state index contributed by atoms with van der Waals surface area (Å²) in [7, 11) is -4.22. The second-order valence-electron chi connectivity index (χ2n) is 8.36. The van der Waals surface area contributed by atoms with Gasteiger partial charge in [0.1, 0.15) is 18.4 Å². The van der Waals surface area contributed by atoms with Crippen molar-refractivity contribution < 1.29 is 22.4 Å². The lowest BCUT2D eigenvalue weighted by molar-refractivity contribution is -0.139. The molecule has 37 heavy (non-hydrogen) atoms. The molecule has 0 aromatic heterocycles. The number of nitrogens with zero attached hydrogens (tertiary/aromatic N) is 2. The first-order valence-corrected chi connectivity index (χ1v) is 13.6. The van der Waals surface area contributed by atoms with Crippen LogP contribution in [0.3, 0.4) is 0 Å². The second-order valence-corrected chi connectivity index (χ2v) is 10.6. The van der Waals surface area contributed by atoms with Crippen molar-refractivity contribution in [1.29, 1.82) is 0 Å². The standard InChI is InChI=1S/C27H29ClFN3O4S/c1-3-17-30-27(34)20(2)31(18-21-11-7-9-15-24(21)29)26(33)19-32(25-16-10-8-14-23(25)28)37(35,36)22-12-5-4-6-13-22/h4-16,20H,3,17-19H2,1-2H3,(H,30,34). The number of rotatable bonds is 11. The van der Waals surface area contributed by atoms with Crippen LogP contribution >= 0.6 is 11.6 Å². The summed E-state index contributed by atoms with van der Waals surface area (Å²) in [6.07, 6.45) is 0.690. The van der Waals surface area contributed by atoms with Gasteiger partial charge in [-0.1, -0.05) is 67.1 Å². The lowest BCUT2D eigenvalue weighted by atomic mass is 10.1. The van der Waals surface area contributed by atoms with Crippen LogP contribution in [-0.2, 0) is 26.2 Å². The number of halogens is 2. The topological polar surface area (TPSA) is 86.8 Å². The summed E-state index contributed by atoms with van der Waals surface area (Å²) in [5.41, 5.74) is 0.302. The lowest BCUT2D eigenvalue weighted by Crippen LogP contribution is -2.51. The van der Waals surface area contributed by atoms with Crippen LogP contribution in [0.15, 0.2) is 83.8 Å². The lowest BCUT2D eigenvalue weighted by Gasteiger charge is -2.32. The molecular weight excluding hydrogens is 517 g/mol. The molecule has 3 rings (SSSR count). The Balaban J connectivity index is 2.03. The minimum absolute atomic E-state index is 0.0305. The highest BCUT2D eigenvalue weighted by Gasteiger charge is 2.33. The Kier molecular flexibility index (Phi) is 9.66. The minimum atomic E-state index is -4.22. The van der Waals surface area contributed by atoms with Crippen LogP contribution in [-0.4, -0.2) is 44.3 Å². The smallest absolute Gasteiger partial charge is 0.264 e. The van der Waals surface area contributed by atoms with Crippen LogP contribution in [0, 0.1) is 5.82 Å². The average molecular weight is 546 g/mol. The van der Waals surface area contributed by atoms with E-state index >= 15 is 0 Å². The Hall–Kier alpha value is -3.43. The number of benzene rings is 3. The molecular formula is C27H29ClFN3O4S. The number of carbonyl (C=O) groups is 2. The van der Waals surface area contributed by atoms with E-state index in [1.807, 2.05) is 6.92 Å². The highest BCUT2D eigenvalue weighted by molar-refractivity contribution is 7.92. The van der Waals surface area contributed by atoms with Gasteiger partial charge in [0.2, 0.25) is 11.8 Å². The third-order valence-electron chi connectivity index (χ3n) is 5.75. The summed E-state index contributed by atoms with van der Waals surface area (Å²) >= 11 is 6.35. The highest BCUT2D eigenvalue weighted by atomic mass is 35.5. The van der Waals surface area contributed by atoms with Crippen molar-refractivity contribution in [3.05, 3.63) is 95.3 Å².